The number of nitrogens with zero attached hydrogens (tertiary/aromatic N) is 2. The van der Waals surface area contributed by atoms with Crippen molar-refractivity contribution in [3.63, 3.8) is 0 Å². The number of hydrogen-bond acceptors (Lipinski definition) is 4. The third-order valence-corrected chi connectivity index (χ3v) is 3.46. The average molecular weight is 228 g/mol. The van der Waals surface area contributed by atoms with Crippen LogP contribution in [0.1, 0.15) is 19.3 Å². The highest BCUT2D eigenvalue weighted by atomic mass is 16.1. The molecule has 0 spiro atoms. The number of hydrogen-bond donors (Lipinski definition) is 2. The van der Waals surface area contributed by atoms with E-state index in [1.54, 1.807) is 0 Å². The fraction of sp³-hybridized carbons (Fsp3) is 0.909. The highest BCUT2D eigenvalue weighted by molar-refractivity contribution is 5.74. The van der Waals surface area contributed by atoms with Crippen LogP contribution in [0.2, 0.25) is 0 Å². The lowest BCUT2D eigenvalue weighted by Crippen LogP contribution is -2.51. The first-order valence-corrected chi connectivity index (χ1v) is 5.93. The fourth-order valence-electron chi connectivity index (χ4n) is 2.40. The van der Waals surface area contributed by atoms with Crippen molar-refractivity contribution in [2.75, 3.05) is 33.7 Å². The van der Waals surface area contributed by atoms with E-state index in [1.165, 1.54) is 12.8 Å². The predicted molar refractivity (Wildman–Crippen MR) is 64.9 cm³/mol. The minimum Gasteiger partial charge on any atom is -0.370 e. The van der Waals surface area contributed by atoms with Crippen LogP contribution < -0.4 is 11.5 Å². The maximum absolute atomic E-state index is 10.9. The molecule has 2 atom stereocenters. The van der Waals surface area contributed by atoms with Gasteiger partial charge in [0.25, 0.3) is 0 Å². The molecule has 0 aromatic carbocycles. The summed E-state index contributed by atoms with van der Waals surface area (Å²) in [5, 5.41) is 0. The van der Waals surface area contributed by atoms with Gasteiger partial charge in [0, 0.05) is 31.6 Å². The van der Waals surface area contributed by atoms with E-state index in [0.717, 1.165) is 13.1 Å². The van der Waals surface area contributed by atoms with Crippen molar-refractivity contribution in [3.05, 3.63) is 0 Å². The maximum atomic E-state index is 10.9. The second-order valence-corrected chi connectivity index (χ2v) is 4.78. The fourth-order valence-corrected chi connectivity index (χ4v) is 2.40. The molecule has 1 aliphatic rings. The second-order valence-electron chi connectivity index (χ2n) is 4.78. The standard InChI is InChI=1S/C11H24N4O/c1-14-5-3-4-9(8-14)15(2)10(7-12)6-11(13)16/h9-10H,3-8,12H2,1-2H3,(H2,13,16). The number of primary amides is 1. The zero-order chi connectivity index (χ0) is 12.1. The summed E-state index contributed by atoms with van der Waals surface area (Å²) in [6, 6.07) is 0.570. The van der Waals surface area contributed by atoms with Gasteiger partial charge in [-0.15, -0.1) is 0 Å². The van der Waals surface area contributed by atoms with Gasteiger partial charge in [-0.2, -0.15) is 0 Å². The molecule has 5 nitrogen and oxygen atoms in total. The van der Waals surface area contributed by atoms with Crippen molar-refractivity contribution in [2.45, 2.75) is 31.3 Å². The summed E-state index contributed by atoms with van der Waals surface area (Å²) in [6.07, 6.45) is 2.74. The molecule has 1 rings (SSSR count). The normalized spacial score (nSPS) is 24.6. The molecule has 94 valence electrons. The summed E-state index contributed by atoms with van der Waals surface area (Å²) in [5.41, 5.74) is 10.9. The molecule has 0 saturated carbocycles. The number of likely N-dealkylation sites (N-methyl/N-ethyl adjacent to an activating group) is 2. The SMILES string of the molecule is CN1CCCC(N(C)C(CN)CC(N)=O)C1. The number of nitrogens with two attached hydrogens (primary N) is 2. The number of piperidine rings is 1. The van der Waals surface area contributed by atoms with Crippen LogP contribution in [0.25, 0.3) is 0 Å². The first-order valence-electron chi connectivity index (χ1n) is 5.93. The molecule has 0 radical (unpaired) electrons. The number of carbonyl (C=O) groups is 1. The van der Waals surface area contributed by atoms with Crippen LogP contribution in [0.3, 0.4) is 0 Å². The van der Waals surface area contributed by atoms with E-state index in [4.69, 9.17) is 11.5 Å². The average Bonchev–Trinajstić information content (AvgIpc) is 2.24. The van der Waals surface area contributed by atoms with Crippen LogP contribution in [-0.4, -0.2) is 61.5 Å². The van der Waals surface area contributed by atoms with Gasteiger partial charge in [0.1, 0.15) is 0 Å². The van der Waals surface area contributed by atoms with Gasteiger partial charge >= 0.3 is 0 Å². The van der Waals surface area contributed by atoms with E-state index in [0.29, 0.717) is 19.0 Å². The third-order valence-electron chi connectivity index (χ3n) is 3.46. The van der Waals surface area contributed by atoms with Crippen LogP contribution in [0, 0.1) is 0 Å². The Bertz CT molecular complexity index is 234. The van der Waals surface area contributed by atoms with Gasteiger partial charge in [-0.3, -0.25) is 9.69 Å². The van der Waals surface area contributed by atoms with Crippen LogP contribution in [0.15, 0.2) is 0 Å². The van der Waals surface area contributed by atoms with Crippen molar-refractivity contribution in [1.29, 1.82) is 0 Å². The second kappa shape index (κ2) is 6.18. The summed E-state index contributed by atoms with van der Waals surface area (Å²) < 4.78 is 0. The number of rotatable bonds is 5. The van der Waals surface area contributed by atoms with Gasteiger partial charge in [0.15, 0.2) is 0 Å². The Labute approximate surface area is 97.7 Å². The Hall–Kier alpha value is -0.650. The van der Waals surface area contributed by atoms with Gasteiger partial charge in [0.2, 0.25) is 5.91 Å². The summed E-state index contributed by atoms with van der Waals surface area (Å²) in [4.78, 5) is 15.5. The zero-order valence-corrected chi connectivity index (χ0v) is 10.4. The molecule has 1 fully saturated rings. The lowest BCUT2D eigenvalue weighted by molar-refractivity contribution is -0.119. The largest absolute Gasteiger partial charge is 0.370 e. The van der Waals surface area contributed by atoms with E-state index >= 15 is 0 Å². The molecule has 16 heavy (non-hydrogen) atoms. The lowest BCUT2D eigenvalue weighted by atomic mass is 10.0. The van der Waals surface area contributed by atoms with E-state index in [-0.39, 0.29) is 11.9 Å². The molecule has 1 heterocycles. The molecule has 1 amide bonds. The summed E-state index contributed by atoms with van der Waals surface area (Å²) in [7, 11) is 4.18. The van der Waals surface area contributed by atoms with Crippen LogP contribution in [0.4, 0.5) is 0 Å². The number of likely N-dealkylation sites (tertiary alicyclic amines) is 1. The molecule has 0 aromatic rings. The maximum Gasteiger partial charge on any atom is 0.219 e. The van der Waals surface area contributed by atoms with Gasteiger partial charge in [-0.05, 0) is 33.5 Å². The minimum atomic E-state index is -0.272. The smallest absolute Gasteiger partial charge is 0.219 e. The van der Waals surface area contributed by atoms with Gasteiger partial charge in [0.05, 0.1) is 0 Å². The monoisotopic (exact) mass is 228 g/mol. The van der Waals surface area contributed by atoms with E-state index in [9.17, 15) is 4.79 Å². The van der Waals surface area contributed by atoms with Crippen LogP contribution >= 0.6 is 0 Å². The number of carbonyl (C=O) groups excluding carboxylic acids is 1. The Balaban J connectivity index is 2.52. The zero-order valence-electron chi connectivity index (χ0n) is 10.4. The van der Waals surface area contributed by atoms with Gasteiger partial charge in [-0.25, -0.2) is 0 Å². The van der Waals surface area contributed by atoms with Crippen molar-refractivity contribution in [1.82, 2.24) is 9.80 Å². The Morgan fingerprint density at radius 1 is 1.62 bits per heavy atom. The molecular weight excluding hydrogens is 204 g/mol. The first-order chi connectivity index (χ1) is 7.54. The highest BCUT2D eigenvalue weighted by Gasteiger charge is 2.26. The van der Waals surface area contributed by atoms with Crippen molar-refractivity contribution in [3.8, 4) is 0 Å². The van der Waals surface area contributed by atoms with Crippen molar-refractivity contribution < 1.29 is 4.79 Å². The molecule has 5 heteroatoms. The lowest BCUT2D eigenvalue weighted by Gasteiger charge is -2.39. The Kier molecular flexibility index (Phi) is 5.18. The molecule has 1 aliphatic heterocycles. The molecule has 0 aliphatic carbocycles. The Morgan fingerprint density at radius 3 is 2.81 bits per heavy atom. The van der Waals surface area contributed by atoms with Gasteiger partial charge in [-0.1, -0.05) is 0 Å². The molecular formula is C11H24N4O. The molecule has 0 bridgehead atoms. The topological polar surface area (TPSA) is 75.6 Å². The van der Waals surface area contributed by atoms with Crippen molar-refractivity contribution in [2.24, 2.45) is 11.5 Å². The summed E-state index contributed by atoms with van der Waals surface area (Å²) >= 11 is 0. The quantitative estimate of drug-likeness (QED) is 0.647. The van der Waals surface area contributed by atoms with Gasteiger partial charge < -0.3 is 16.4 Å². The summed E-state index contributed by atoms with van der Waals surface area (Å²) in [6.45, 7) is 2.69. The Morgan fingerprint density at radius 2 is 2.31 bits per heavy atom. The molecule has 2 unspecified atom stereocenters. The van der Waals surface area contributed by atoms with E-state index in [1.807, 2.05) is 7.05 Å². The molecule has 4 N–H and O–H groups in total. The predicted octanol–water partition coefficient (Wildman–Crippen LogP) is -0.785. The first kappa shape index (κ1) is 13.4. The molecule has 0 aromatic heterocycles. The molecule has 1 saturated heterocycles. The highest BCUT2D eigenvalue weighted by Crippen LogP contribution is 2.16. The van der Waals surface area contributed by atoms with E-state index < -0.39 is 0 Å². The number of amides is 1. The minimum absolute atomic E-state index is 0.0778. The van der Waals surface area contributed by atoms with Crippen molar-refractivity contribution >= 4 is 5.91 Å². The van der Waals surface area contributed by atoms with E-state index in [2.05, 4.69) is 16.8 Å². The summed E-state index contributed by atoms with van der Waals surface area (Å²) in [5.74, 6) is -0.272. The third kappa shape index (κ3) is 3.73. The van der Waals surface area contributed by atoms with Crippen LogP contribution in [-0.2, 0) is 4.79 Å². The van der Waals surface area contributed by atoms with Crippen LogP contribution in [0.5, 0.6) is 0 Å².